The minimum absolute atomic E-state index is 0.157. The summed E-state index contributed by atoms with van der Waals surface area (Å²) in [6.45, 7) is 4.40. The van der Waals surface area contributed by atoms with Crippen molar-refractivity contribution in [1.82, 2.24) is 5.32 Å². The molecule has 0 heterocycles. The van der Waals surface area contributed by atoms with E-state index in [1.54, 1.807) is 6.08 Å². The maximum absolute atomic E-state index is 12.5. The lowest BCUT2D eigenvalue weighted by Gasteiger charge is -2.20. The average Bonchev–Trinajstić information content (AvgIpc) is 3.11. The van der Waals surface area contributed by atoms with Crippen LogP contribution in [0, 0.1) is 0 Å². The third-order valence-corrected chi connectivity index (χ3v) is 9.29. The van der Waals surface area contributed by atoms with Gasteiger partial charge in [-0.2, -0.15) is 8.42 Å². The molecule has 0 aromatic heterocycles. The minimum Gasteiger partial charge on any atom is -0.387 e. The van der Waals surface area contributed by atoms with Crippen molar-refractivity contribution in [2.24, 2.45) is 0 Å². The van der Waals surface area contributed by atoms with Crippen LogP contribution in [0.5, 0.6) is 0 Å². The Kier molecular flexibility index (Phi) is 36.0. The lowest BCUT2D eigenvalue weighted by atomic mass is 10.0. The molecule has 6 nitrogen and oxygen atoms in total. The third kappa shape index (κ3) is 38.5. The van der Waals surface area contributed by atoms with Crippen LogP contribution in [0.25, 0.3) is 0 Å². The van der Waals surface area contributed by atoms with Crippen LogP contribution >= 0.6 is 0 Å². The first-order valence-corrected chi connectivity index (χ1v) is 22.0. The van der Waals surface area contributed by atoms with E-state index in [0.717, 1.165) is 51.4 Å². The monoisotopic (exact) mass is 742 g/mol. The predicted molar refractivity (Wildman–Crippen MR) is 225 cm³/mol. The molecule has 52 heavy (non-hydrogen) atoms. The van der Waals surface area contributed by atoms with Crippen LogP contribution in [0.3, 0.4) is 0 Å². The molecule has 0 fully saturated rings. The van der Waals surface area contributed by atoms with Crippen molar-refractivity contribution in [3.63, 3.8) is 0 Å². The normalized spacial score (nSPS) is 14.3. The molecule has 0 aromatic carbocycles. The van der Waals surface area contributed by atoms with Gasteiger partial charge in [0.05, 0.1) is 17.9 Å². The molecular weight excluding hydrogens is 667 g/mol. The first-order valence-electron chi connectivity index (χ1n) is 20.4. The Labute approximate surface area is 319 Å². The molecule has 0 aliphatic heterocycles. The summed E-state index contributed by atoms with van der Waals surface area (Å²) in [5.74, 6) is -1.12. The molecular formula is C45H75NO5S. The van der Waals surface area contributed by atoms with Crippen molar-refractivity contribution in [1.29, 1.82) is 0 Å². The topological polar surface area (TPSA) is 104 Å². The molecule has 0 rings (SSSR count). The number of amides is 1. The number of hydrogen-bond acceptors (Lipinski definition) is 4. The Morgan fingerprint density at radius 1 is 0.538 bits per heavy atom. The van der Waals surface area contributed by atoms with Crippen molar-refractivity contribution in [2.75, 3.05) is 5.75 Å². The Bertz CT molecular complexity index is 1180. The highest BCUT2D eigenvalue weighted by Gasteiger charge is 2.24. The van der Waals surface area contributed by atoms with E-state index in [4.69, 9.17) is 0 Å². The summed E-state index contributed by atoms with van der Waals surface area (Å²) in [6, 6.07) is -1.12. The highest BCUT2D eigenvalue weighted by atomic mass is 32.2. The number of allylic oxidation sites excluding steroid dienone is 15. The molecule has 3 N–H and O–H groups in total. The van der Waals surface area contributed by atoms with Crippen LogP contribution in [0.2, 0.25) is 0 Å². The first-order chi connectivity index (χ1) is 25.3. The molecule has 0 aliphatic rings. The Hall–Kier alpha value is -2.74. The summed E-state index contributed by atoms with van der Waals surface area (Å²) >= 11 is 0. The van der Waals surface area contributed by atoms with Gasteiger partial charge in [0, 0.05) is 6.42 Å². The number of carbonyl (C=O) groups is 1. The van der Waals surface area contributed by atoms with Gasteiger partial charge >= 0.3 is 0 Å². The summed E-state index contributed by atoms with van der Waals surface area (Å²) in [4.78, 5) is 12.5. The van der Waals surface area contributed by atoms with Gasteiger partial charge in [0.25, 0.3) is 10.1 Å². The Morgan fingerprint density at radius 3 is 1.42 bits per heavy atom. The highest BCUT2D eigenvalue weighted by Crippen LogP contribution is 2.13. The van der Waals surface area contributed by atoms with E-state index >= 15 is 0 Å². The number of nitrogens with one attached hydrogen (secondary N) is 1. The fraction of sp³-hybridized carbons (Fsp3) is 0.622. The second kappa shape index (κ2) is 38.0. The summed E-state index contributed by atoms with van der Waals surface area (Å²) in [5, 5.41) is 13.1. The predicted octanol–water partition coefficient (Wildman–Crippen LogP) is 12.2. The van der Waals surface area contributed by atoms with E-state index in [1.807, 2.05) is 12.2 Å². The summed E-state index contributed by atoms with van der Waals surface area (Å²) in [6.07, 6.45) is 56.9. The third-order valence-electron chi connectivity index (χ3n) is 8.51. The largest absolute Gasteiger partial charge is 0.387 e. The van der Waals surface area contributed by atoms with E-state index in [2.05, 4.69) is 92.1 Å². The second-order valence-electron chi connectivity index (χ2n) is 13.5. The van der Waals surface area contributed by atoms with Crippen LogP contribution in [-0.2, 0) is 14.9 Å². The van der Waals surface area contributed by atoms with Crippen molar-refractivity contribution in [2.45, 2.75) is 174 Å². The quantitative estimate of drug-likeness (QED) is 0.0341. The van der Waals surface area contributed by atoms with Gasteiger partial charge < -0.3 is 10.4 Å². The lowest BCUT2D eigenvalue weighted by molar-refractivity contribution is -0.122. The number of rotatable bonds is 35. The van der Waals surface area contributed by atoms with E-state index in [-0.39, 0.29) is 12.3 Å². The zero-order valence-corrected chi connectivity index (χ0v) is 33.7. The van der Waals surface area contributed by atoms with E-state index in [1.165, 1.54) is 83.1 Å². The van der Waals surface area contributed by atoms with Gasteiger partial charge in [0.2, 0.25) is 5.91 Å². The van der Waals surface area contributed by atoms with Crippen LogP contribution < -0.4 is 5.32 Å². The van der Waals surface area contributed by atoms with Crippen LogP contribution in [0.15, 0.2) is 97.2 Å². The molecule has 2 atom stereocenters. The molecule has 1 amide bonds. The fourth-order valence-electron chi connectivity index (χ4n) is 5.49. The number of carbonyl (C=O) groups excluding carboxylic acids is 1. The Morgan fingerprint density at radius 2 is 0.942 bits per heavy atom. The van der Waals surface area contributed by atoms with Gasteiger partial charge in [-0.25, -0.2) is 0 Å². The second-order valence-corrected chi connectivity index (χ2v) is 15.0. The molecule has 0 bridgehead atoms. The molecule has 0 aromatic rings. The maximum atomic E-state index is 12.5. The molecule has 0 saturated heterocycles. The van der Waals surface area contributed by atoms with Gasteiger partial charge in [0.15, 0.2) is 0 Å². The van der Waals surface area contributed by atoms with Crippen molar-refractivity contribution >= 4 is 16.0 Å². The smallest absolute Gasteiger partial charge is 0.267 e. The van der Waals surface area contributed by atoms with Gasteiger partial charge in [-0.1, -0.05) is 182 Å². The molecule has 0 radical (unpaired) electrons. The van der Waals surface area contributed by atoms with E-state index in [9.17, 15) is 22.9 Å². The Balaban J connectivity index is 4.14. The number of hydrogen-bond donors (Lipinski definition) is 3. The molecule has 7 heteroatoms. The fourth-order valence-corrected chi connectivity index (χ4v) is 6.22. The van der Waals surface area contributed by atoms with Gasteiger partial charge in [0.1, 0.15) is 0 Å². The van der Waals surface area contributed by atoms with Crippen molar-refractivity contribution < 1.29 is 22.9 Å². The van der Waals surface area contributed by atoms with Crippen LogP contribution in [0.1, 0.15) is 162 Å². The SMILES string of the molecule is CC/C=C\C/C=C\C/C=C\C/C=C\C/C=C\C/C=C\CCC(=O)NC(CS(=O)(=O)O)C(O)/C=C/CC/C=C/CCCCCCCCCCCCCC. The number of unbranched alkanes of at least 4 members (excludes halogenated alkanes) is 13. The van der Waals surface area contributed by atoms with Gasteiger partial charge in [-0.05, 0) is 70.6 Å². The summed E-state index contributed by atoms with van der Waals surface area (Å²) < 4.78 is 32.5. The zero-order valence-electron chi connectivity index (χ0n) is 32.9. The first kappa shape index (κ1) is 49.3. The van der Waals surface area contributed by atoms with Crippen molar-refractivity contribution in [3.05, 3.63) is 97.2 Å². The molecule has 296 valence electrons. The number of aliphatic hydroxyl groups is 1. The summed E-state index contributed by atoms with van der Waals surface area (Å²) in [5.41, 5.74) is 0. The number of aliphatic hydroxyl groups excluding tert-OH is 1. The molecule has 0 saturated carbocycles. The zero-order chi connectivity index (χ0) is 38.2. The highest BCUT2D eigenvalue weighted by molar-refractivity contribution is 7.85. The maximum Gasteiger partial charge on any atom is 0.267 e. The van der Waals surface area contributed by atoms with Crippen molar-refractivity contribution in [3.8, 4) is 0 Å². The average molecular weight is 742 g/mol. The molecule has 2 unspecified atom stereocenters. The lowest BCUT2D eigenvalue weighted by Crippen LogP contribution is -2.46. The standard InChI is InChI=1S/C45H75NO5S/c1-3-5-7-9-11-13-15-17-19-21-23-25-27-29-31-33-35-37-39-41-45(48)46-43(42-52(49,50)51)44(47)40-38-36-34-32-30-28-26-24-22-20-18-16-14-12-10-8-6-4-2/h5,7,11,13,17,19,23,25,29-32,35,37-38,40,43-44,47H,3-4,6,8-10,12,14-16,18,20-22,24,26-28,33-34,36,39,41-42H2,1-2H3,(H,46,48)(H,49,50,51)/b7-5-,13-11-,19-17-,25-23-,31-29-,32-30+,37-35-,40-38+. The molecule has 0 aliphatic carbocycles. The van der Waals surface area contributed by atoms with Gasteiger partial charge in [-0.3, -0.25) is 9.35 Å². The molecule has 0 spiro atoms. The van der Waals surface area contributed by atoms with E-state index < -0.39 is 28.0 Å². The van der Waals surface area contributed by atoms with Crippen LogP contribution in [0.4, 0.5) is 0 Å². The van der Waals surface area contributed by atoms with Gasteiger partial charge in [-0.15, -0.1) is 0 Å². The van der Waals surface area contributed by atoms with Crippen LogP contribution in [-0.4, -0.2) is 41.9 Å². The minimum atomic E-state index is -4.38. The van der Waals surface area contributed by atoms with E-state index in [0.29, 0.717) is 12.8 Å². The summed E-state index contributed by atoms with van der Waals surface area (Å²) in [7, 11) is -4.38.